The fraction of sp³-hybridized carbons (Fsp3) is 0.258. The zero-order chi connectivity index (χ0) is 27.4. The van der Waals surface area contributed by atoms with Gasteiger partial charge in [-0.25, -0.2) is 8.42 Å². The lowest BCUT2D eigenvalue weighted by atomic mass is 10.0. The van der Waals surface area contributed by atoms with E-state index < -0.39 is 10.0 Å². The summed E-state index contributed by atoms with van der Waals surface area (Å²) in [5.74, 6) is -0.125. The van der Waals surface area contributed by atoms with Crippen molar-refractivity contribution in [3.05, 3.63) is 108 Å². The second-order valence-corrected chi connectivity index (χ2v) is 11.7. The minimum atomic E-state index is -3.90. The lowest BCUT2D eigenvalue weighted by Gasteiger charge is -2.32. The Kier molecular flexibility index (Phi) is 7.97. The summed E-state index contributed by atoms with van der Waals surface area (Å²) in [5, 5.41) is 11.5. The Labute approximate surface area is 229 Å². The van der Waals surface area contributed by atoms with Crippen molar-refractivity contribution in [2.24, 2.45) is 0 Å². The summed E-state index contributed by atoms with van der Waals surface area (Å²) in [5.41, 5.74) is 1.99. The SMILES string of the molecule is CN(C(=O)Cc1ccccc1NS(=O)(=O)c1cccc2ccccc12)[C@H](CN1CC[C@H](O)C1)c1ccccc1. The molecule has 0 saturated carbocycles. The van der Waals surface area contributed by atoms with Gasteiger partial charge in [0, 0.05) is 32.1 Å². The molecule has 1 aliphatic rings. The zero-order valence-electron chi connectivity index (χ0n) is 21.9. The first-order valence-corrected chi connectivity index (χ1v) is 14.6. The summed E-state index contributed by atoms with van der Waals surface area (Å²) in [6.45, 7) is 1.98. The van der Waals surface area contributed by atoms with Crippen LogP contribution in [0.4, 0.5) is 5.69 Å². The molecule has 4 aromatic carbocycles. The predicted octanol–water partition coefficient (Wildman–Crippen LogP) is 4.45. The van der Waals surface area contributed by atoms with Crippen LogP contribution in [0.25, 0.3) is 10.8 Å². The molecule has 0 radical (unpaired) electrons. The maximum Gasteiger partial charge on any atom is 0.262 e. The number of amides is 1. The summed E-state index contributed by atoms with van der Waals surface area (Å²) < 4.78 is 29.7. The van der Waals surface area contributed by atoms with Crippen molar-refractivity contribution in [2.45, 2.75) is 29.9 Å². The fourth-order valence-electron chi connectivity index (χ4n) is 5.21. The van der Waals surface area contributed by atoms with E-state index >= 15 is 0 Å². The zero-order valence-corrected chi connectivity index (χ0v) is 22.7. The van der Waals surface area contributed by atoms with Gasteiger partial charge in [-0.3, -0.25) is 14.4 Å². The van der Waals surface area contributed by atoms with Crippen LogP contribution in [0.1, 0.15) is 23.6 Å². The minimum absolute atomic E-state index is 0.0384. The molecule has 0 aliphatic carbocycles. The number of fused-ring (bicyclic) bond motifs is 1. The number of carbonyl (C=O) groups is 1. The highest BCUT2D eigenvalue weighted by atomic mass is 32.2. The second kappa shape index (κ2) is 11.6. The molecule has 202 valence electrons. The molecule has 1 amide bonds. The number of sulfonamides is 1. The summed E-state index contributed by atoms with van der Waals surface area (Å²) in [6.07, 6.45) is 0.421. The van der Waals surface area contributed by atoms with E-state index in [1.54, 1.807) is 54.4 Å². The van der Waals surface area contributed by atoms with Crippen LogP contribution >= 0.6 is 0 Å². The quantitative estimate of drug-likeness (QED) is 0.326. The van der Waals surface area contributed by atoms with Gasteiger partial charge in [-0.15, -0.1) is 0 Å². The van der Waals surface area contributed by atoms with Crippen molar-refractivity contribution in [2.75, 3.05) is 31.4 Å². The van der Waals surface area contributed by atoms with Crippen LogP contribution in [-0.4, -0.2) is 62.0 Å². The van der Waals surface area contributed by atoms with Crippen molar-refractivity contribution in [3.63, 3.8) is 0 Å². The lowest BCUT2D eigenvalue weighted by molar-refractivity contribution is -0.131. The normalized spacial score (nSPS) is 16.7. The molecule has 0 unspecified atom stereocenters. The molecular formula is C31H33N3O4S. The van der Waals surface area contributed by atoms with Gasteiger partial charge in [0.15, 0.2) is 0 Å². The number of rotatable bonds is 9. The van der Waals surface area contributed by atoms with Crippen molar-refractivity contribution >= 4 is 32.4 Å². The van der Waals surface area contributed by atoms with Crippen molar-refractivity contribution in [3.8, 4) is 0 Å². The molecule has 5 rings (SSSR count). The minimum Gasteiger partial charge on any atom is -0.392 e. The number of likely N-dealkylation sites (tertiary alicyclic amines) is 1. The second-order valence-electron chi connectivity index (χ2n) is 10.0. The first-order valence-electron chi connectivity index (χ1n) is 13.1. The number of aliphatic hydroxyl groups excluding tert-OH is 1. The number of likely N-dealkylation sites (N-methyl/N-ethyl adjacent to an activating group) is 1. The van der Waals surface area contributed by atoms with Crippen LogP contribution in [0.2, 0.25) is 0 Å². The van der Waals surface area contributed by atoms with Gasteiger partial charge in [-0.1, -0.05) is 84.9 Å². The molecule has 1 heterocycles. The van der Waals surface area contributed by atoms with E-state index in [4.69, 9.17) is 0 Å². The molecule has 0 spiro atoms. The van der Waals surface area contributed by atoms with E-state index in [9.17, 15) is 18.3 Å². The number of β-amino-alcohol motifs (C(OH)–C–C–N with tert-alkyl or cyclic N) is 1. The smallest absolute Gasteiger partial charge is 0.262 e. The lowest BCUT2D eigenvalue weighted by Crippen LogP contribution is -2.39. The molecule has 2 atom stereocenters. The van der Waals surface area contributed by atoms with Gasteiger partial charge >= 0.3 is 0 Å². The van der Waals surface area contributed by atoms with Gasteiger partial charge in [0.25, 0.3) is 10.0 Å². The van der Waals surface area contributed by atoms with E-state index in [0.717, 1.165) is 23.9 Å². The van der Waals surface area contributed by atoms with Crippen LogP contribution in [0.5, 0.6) is 0 Å². The van der Waals surface area contributed by atoms with E-state index in [1.807, 2.05) is 54.6 Å². The Hall–Kier alpha value is -3.72. The standard InChI is InChI=1S/C31H33N3O4S/c1-33(29(24-11-3-2-4-12-24)22-34-19-18-26(35)21-34)31(36)20-25-13-6-8-16-28(25)32-39(37,38)30-17-9-14-23-10-5-7-15-27(23)30/h2-17,26,29,32,35H,18-22H2,1H3/t26-,29+/m0/s1. The Balaban J connectivity index is 1.38. The number of hydrogen-bond acceptors (Lipinski definition) is 5. The van der Waals surface area contributed by atoms with Crippen molar-refractivity contribution < 1.29 is 18.3 Å². The molecule has 8 heteroatoms. The first-order chi connectivity index (χ1) is 18.8. The number of para-hydroxylation sites is 1. The third-order valence-corrected chi connectivity index (χ3v) is 8.79. The molecule has 39 heavy (non-hydrogen) atoms. The number of nitrogens with zero attached hydrogens (tertiary/aromatic N) is 2. The Bertz CT molecular complexity index is 1550. The van der Waals surface area contributed by atoms with E-state index in [0.29, 0.717) is 29.7 Å². The maximum absolute atomic E-state index is 13.6. The van der Waals surface area contributed by atoms with Crippen molar-refractivity contribution in [1.29, 1.82) is 0 Å². The van der Waals surface area contributed by atoms with Crippen LogP contribution in [0.3, 0.4) is 0 Å². The molecule has 2 N–H and O–H groups in total. The molecule has 1 aliphatic heterocycles. The largest absolute Gasteiger partial charge is 0.392 e. The van der Waals surface area contributed by atoms with Crippen molar-refractivity contribution in [1.82, 2.24) is 9.80 Å². The highest BCUT2D eigenvalue weighted by molar-refractivity contribution is 7.93. The molecule has 1 fully saturated rings. The molecule has 0 aromatic heterocycles. The van der Waals surface area contributed by atoms with Crippen LogP contribution < -0.4 is 4.72 Å². The summed E-state index contributed by atoms with van der Waals surface area (Å²) in [7, 11) is -2.12. The predicted molar refractivity (Wildman–Crippen MR) is 154 cm³/mol. The highest BCUT2D eigenvalue weighted by Gasteiger charge is 2.28. The summed E-state index contributed by atoms with van der Waals surface area (Å²) in [6, 6.07) is 29.2. The average Bonchev–Trinajstić information content (AvgIpc) is 3.37. The summed E-state index contributed by atoms with van der Waals surface area (Å²) >= 11 is 0. The number of nitrogens with one attached hydrogen (secondary N) is 1. The monoisotopic (exact) mass is 543 g/mol. The van der Waals surface area contributed by atoms with Crippen LogP contribution in [-0.2, 0) is 21.2 Å². The molecule has 7 nitrogen and oxygen atoms in total. The van der Waals surface area contributed by atoms with Gasteiger partial charge in [0.2, 0.25) is 5.91 Å². The van der Waals surface area contributed by atoms with Crippen LogP contribution in [0, 0.1) is 0 Å². The highest BCUT2D eigenvalue weighted by Crippen LogP contribution is 2.28. The maximum atomic E-state index is 13.6. The third kappa shape index (κ3) is 6.14. The molecule has 4 aromatic rings. The average molecular weight is 544 g/mol. The van der Waals surface area contributed by atoms with Gasteiger partial charge < -0.3 is 10.0 Å². The summed E-state index contributed by atoms with van der Waals surface area (Å²) in [4.78, 5) is 17.7. The Morgan fingerprint density at radius 1 is 0.974 bits per heavy atom. The van der Waals surface area contributed by atoms with Gasteiger partial charge in [0.05, 0.1) is 29.1 Å². The number of anilines is 1. The molecule has 0 bridgehead atoms. The molecular weight excluding hydrogens is 510 g/mol. The molecule has 1 saturated heterocycles. The van der Waals surface area contributed by atoms with Gasteiger partial charge in [0.1, 0.15) is 0 Å². The third-order valence-electron chi connectivity index (χ3n) is 7.37. The van der Waals surface area contributed by atoms with E-state index in [1.165, 1.54) is 0 Å². The fourth-order valence-corrected chi connectivity index (χ4v) is 6.55. The number of hydrogen-bond donors (Lipinski definition) is 2. The first kappa shape index (κ1) is 26.9. The van der Waals surface area contributed by atoms with Gasteiger partial charge in [-0.05, 0) is 35.1 Å². The topological polar surface area (TPSA) is 90.0 Å². The van der Waals surface area contributed by atoms with Gasteiger partial charge in [-0.2, -0.15) is 0 Å². The number of aliphatic hydroxyl groups is 1. The van der Waals surface area contributed by atoms with Crippen LogP contribution in [0.15, 0.2) is 102 Å². The number of benzene rings is 4. The Morgan fingerprint density at radius 2 is 1.67 bits per heavy atom. The van der Waals surface area contributed by atoms with E-state index in [-0.39, 0.29) is 29.4 Å². The number of carbonyl (C=O) groups excluding carboxylic acids is 1. The van der Waals surface area contributed by atoms with E-state index in [2.05, 4.69) is 9.62 Å². The Morgan fingerprint density at radius 3 is 2.44 bits per heavy atom.